The van der Waals surface area contributed by atoms with Crippen LogP contribution in [0.4, 0.5) is 17.6 Å². The molecule has 0 bridgehead atoms. The molecule has 0 radical (unpaired) electrons. The zero-order valence-corrected chi connectivity index (χ0v) is 13.7. The number of hydrogen-bond acceptors (Lipinski definition) is 3. The number of aromatic nitrogens is 2. The summed E-state index contributed by atoms with van der Waals surface area (Å²) in [6.07, 6.45) is -2.49. The summed E-state index contributed by atoms with van der Waals surface area (Å²) in [6.45, 7) is 0. The Morgan fingerprint density at radius 2 is 1.69 bits per heavy atom. The average molecular weight is 385 g/mol. The van der Waals surface area contributed by atoms with Crippen molar-refractivity contribution < 1.29 is 26.0 Å². The van der Waals surface area contributed by atoms with Crippen molar-refractivity contribution in [1.29, 1.82) is 0 Å². The second-order valence-corrected chi connectivity index (χ2v) is 6.90. The van der Waals surface area contributed by atoms with Gasteiger partial charge in [-0.25, -0.2) is 22.6 Å². The first-order valence-electron chi connectivity index (χ1n) is 7.11. The van der Waals surface area contributed by atoms with Crippen molar-refractivity contribution in [2.75, 3.05) is 0 Å². The molecule has 0 aliphatic rings. The third-order valence-electron chi connectivity index (χ3n) is 3.60. The third kappa shape index (κ3) is 3.46. The summed E-state index contributed by atoms with van der Waals surface area (Å²) in [5, 5.41) is 8.85. The summed E-state index contributed by atoms with van der Waals surface area (Å²) in [4.78, 5) is -0.740. The quantitative estimate of drug-likeness (QED) is 0.703. The lowest BCUT2D eigenvalue weighted by Gasteiger charge is -2.18. The molecular formula is C16H11F4N3O2S. The highest BCUT2D eigenvalue weighted by Crippen LogP contribution is 2.39. The smallest absolute Gasteiger partial charge is 0.239 e. The summed E-state index contributed by atoms with van der Waals surface area (Å²) < 4.78 is 78.7. The first kappa shape index (κ1) is 18.1. The maximum atomic E-state index is 13.6. The number of nitrogens with two attached hydrogens (primary N) is 1. The number of sulfonamides is 1. The largest absolute Gasteiger partial charge is 0.418 e. The number of halogens is 4. The fourth-order valence-electron chi connectivity index (χ4n) is 2.49. The van der Waals surface area contributed by atoms with E-state index in [2.05, 4.69) is 5.10 Å². The van der Waals surface area contributed by atoms with Gasteiger partial charge in [-0.3, -0.25) is 0 Å². The van der Waals surface area contributed by atoms with Crippen LogP contribution in [0.3, 0.4) is 0 Å². The van der Waals surface area contributed by atoms with Crippen LogP contribution in [0.5, 0.6) is 0 Å². The van der Waals surface area contributed by atoms with Crippen LogP contribution in [0.15, 0.2) is 59.8 Å². The van der Waals surface area contributed by atoms with Crippen LogP contribution in [-0.4, -0.2) is 18.2 Å². The highest BCUT2D eigenvalue weighted by molar-refractivity contribution is 7.89. The van der Waals surface area contributed by atoms with Crippen molar-refractivity contribution in [2.24, 2.45) is 5.14 Å². The molecule has 136 valence electrons. The number of rotatable bonds is 3. The lowest BCUT2D eigenvalue weighted by molar-refractivity contribution is -0.137. The van der Waals surface area contributed by atoms with Crippen molar-refractivity contribution in [2.45, 2.75) is 11.1 Å². The number of hydrogen-bond donors (Lipinski definition) is 1. The lowest BCUT2D eigenvalue weighted by atomic mass is 10.0. The minimum absolute atomic E-state index is 0.0720. The molecule has 0 amide bonds. The van der Waals surface area contributed by atoms with E-state index < -0.39 is 38.2 Å². The van der Waals surface area contributed by atoms with Crippen molar-refractivity contribution >= 4 is 10.0 Å². The van der Waals surface area contributed by atoms with Crippen LogP contribution in [-0.2, 0) is 16.2 Å². The highest BCUT2D eigenvalue weighted by atomic mass is 32.2. The van der Waals surface area contributed by atoms with E-state index in [1.54, 1.807) is 0 Å². The maximum absolute atomic E-state index is 13.6. The topological polar surface area (TPSA) is 78.0 Å². The summed E-state index contributed by atoms with van der Waals surface area (Å²) in [6, 6.07) is 7.73. The van der Waals surface area contributed by atoms with E-state index in [0.29, 0.717) is 0 Å². The van der Waals surface area contributed by atoms with Gasteiger partial charge in [0.1, 0.15) is 10.7 Å². The van der Waals surface area contributed by atoms with Crippen molar-refractivity contribution in [3.63, 3.8) is 0 Å². The Bertz CT molecular complexity index is 1040. The van der Waals surface area contributed by atoms with Gasteiger partial charge in [-0.2, -0.15) is 18.3 Å². The molecule has 2 aromatic carbocycles. The van der Waals surface area contributed by atoms with Gasteiger partial charge in [-0.05, 0) is 41.5 Å². The van der Waals surface area contributed by atoms with Gasteiger partial charge < -0.3 is 0 Å². The van der Waals surface area contributed by atoms with E-state index in [0.717, 1.165) is 28.9 Å². The van der Waals surface area contributed by atoms with Gasteiger partial charge in [-0.1, -0.05) is 12.1 Å². The predicted molar refractivity (Wildman–Crippen MR) is 85.3 cm³/mol. The Kier molecular flexibility index (Phi) is 4.32. The molecule has 3 rings (SSSR count). The van der Waals surface area contributed by atoms with Crippen LogP contribution >= 0.6 is 0 Å². The molecule has 0 aliphatic carbocycles. The van der Waals surface area contributed by atoms with Gasteiger partial charge in [0, 0.05) is 12.4 Å². The normalized spacial score (nSPS) is 12.3. The summed E-state index contributed by atoms with van der Waals surface area (Å²) in [7, 11) is -4.52. The van der Waals surface area contributed by atoms with E-state index >= 15 is 0 Å². The molecule has 0 atom stereocenters. The Balaban J connectivity index is 2.40. The molecule has 3 aromatic rings. The second-order valence-electron chi connectivity index (χ2n) is 5.37. The molecule has 1 aromatic heterocycles. The van der Waals surface area contributed by atoms with Crippen molar-refractivity contribution in [3.8, 4) is 16.8 Å². The van der Waals surface area contributed by atoms with Crippen LogP contribution in [0.2, 0.25) is 0 Å². The molecule has 0 spiro atoms. The number of nitrogens with zero attached hydrogens (tertiary/aromatic N) is 2. The predicted octanol–water partition coefficient (Wildman–Crippen LogP) is 3.34. The van der Waals surface area contributed by atoms with E-state index in [4.69, 9.17) is 5.14 Å². The van der Waals surface area contributed by atoms with E-state index in [9.17, 15) is 26.0 Å². The van der Waals surface area contributed by atoms with E-state index in [1.165, 1.54) is 30.6 Å². The molecule has 1 heterocycles. The van der Waals surface area contributed by atoms with Crippen molar-refractivity contribution in [3.05, 3.63) is 66.2 Å². The van der Waals surface area contributed by atoms with Crippen LogP contribution in [0.25, 0.3) is 16.8 Å². The van der Waals surface area contributed by atoms with Gasteiger partial charge in [-0.15, -0.1) is 0 Å². The Hall–Kier alpha value is -2.72. The van der Waals surface area contributed by atoms with Crippen LogP contribution in [0, 0.1) is 5.82 Å². The monoisotopic (exact) mass is 385 g/mol. The van der Waals surface area contributed by atoms with Crippen LogP contribution in [0.1, 0.15) is 5.56 Å². The molecule has 0 saturated heterocycles. The van der Waals surface area contributed by atoms with Gasteiger partial charge >= 0.3 is 6.18 Å². The number of benzene rings is 2. The van der Waals surface area contributed by atoms with Crippen molar-refractivity contribution in [1.82, 2.24) is 9.78 Å². The fourth-order valence-corrected chi connectivity index (χ4v) is 3.25. The third-order valence-corrected chi connectivity index (χ3v) is 4.52. The molecule has 0 saturated carbocycles. The number of alkyl halides is 3. The second kappa shape index (κ2) is 6.22. The van der Waals surface area contributed by atoms with Gasteiger partial charge in [0.2, 0.25) is 10.0 Å². The lowest BCUT2D eigenvalue weighted by Crippen LogP contribution is -2.20. The molecule has 0 aliphatic heterocycles. The van der Waals surface area contributed by atoms with Gasteiger partial charge in [0.15, 0.2) is 0 Å². The molecule has 5 nitrogen and oxygen atoms in total. The summed E-state index contributed by atoms with van der Waals surface area (Å²) in [5.74, 6) is -0.579. The summed E-state index contributed by atoms with van der Waals surface area (Å²) >= 11 is 0. The Morgan fingerprint density at radius 3 is 2.19 bits per heavy atom. The zero-order chi connectivity index (χ0) is 19.1. The molecule has 2 N–H and O–H groups in total. The molecular weight excluding hydrogens is 374 g/mol. The maximum Gasteiger partial charge on any atom is 0.418 e. The first-order chi connectivity index (χ1) is 12.1. The minimum atomic E-state index is -4.88. The average Bonchev–Trinajstić information content (AvgIpc) is 3.07. The fraction of sp³-hybridized carbons (Fsp3) is 0.0625. The minimum Gasteiger partial charge on any atom is -0.239 e. The summed E-state index contributed by atoms with van der Waals surface area (Å²) in [5.41, 5.74) is -1.80. The van der Waals surface area contributed by atoms with Crippen LogP contribution < -0.4 is 5.14 Å². The number of primary sulfonamides is 1. The molecule has 26 heavy (non-hydrogen) atoms. The SMILES string of the molecule is NS(=O)(=O)c1cc(-c2ccc(F)cc2)cc(C(F)(F)F)c1-n1cccn1. The Morgan fingerprint density at radius 1 is 1.04 bits per heavy atom. The molecule has 0 fully saturated rings. The van der Waals surface area contributed by atoms with E-state index in [-0.39, 0.29) is 11.1 Å². The van der Waals surface area contributed by atoms with E-state index in [1.807, 2.05) is 0 Å². The first-order valence-corrected chi connectivity index (χ1v) is 8.66. The molecule has 0 unspecified atom stereocenters. The molecule has 10 heteroatoms. The standard InChI is InChI=1S/C16H11F4N3O2S/c17-12-4-2-10(3-5-12)11-8-13(16(18,19)20)15(23-7-1-6-22-23)14(9-11)26(21,24)25/h1-9H,(H2,21,24,25). The zero-order valence-electron chi connectivity index (χ0n) is 12.9. The van der Waals surface area contributed by atoms with Gasteiger partial charge in [0.05, 0.1) is 11.3 Å². The highest BCUT2D eigenvalue weighted by Gasteiger charge is 2.37. The van der Waals surface area contributed by atoms with Gasteiger partial charge in [0.25, 0.3) is 0 Å². The Labute approximate surface area is 145 Å².